The van der Waals surface area contributed by atoms with Crippen LogP contribution in [0.5, 0.6) is 11.5 Å². The average molecular weight is 322 g/mol. The Morgan fingerprint density at radius 3 is 2.52 bits per heavy atom. The topological polar surface area (TPSA) is 85.0 Å². The predicted molar refractivity (Wildman–Crippen MR) is 87.5 cm³/mol. The van der Waals surface area contributed by atoms with Gasteiger partial charge in [0.05, 0.1) is 26.4 Å². The fraction of sp³-hybridized carbons (Fsp3) is 0.588. The van der Waals surface area contributed by atoms with E-state index in [0.29, 0.717) is 11.5 Å². The molecule has 0 bridgehead atoms. The van der Waals surface area contributed by atoms with E-state index >= 15 is 0 Å². The number of rotatable bonds is 6. The highest BCUT2D eigenvalue weighted by Gasteiger charge is 2.38. The summed E-state index contributed by atoms with van der Waals surface area (Å²) in [6.07, 6.45) is 1.58. The van der Waals surface area contributed by atoms with Crippen LogP contribution in [0.25, 0.3) is 0 Å². The molecule has 1 unspecified atom stereocenters. The molecule has 1 atom stereocenters. The molecule has 1 aromatic carbocycles. The number of ether oxygens (including phenoxy) is 2. The summed E-state index contributed by atoms with van der Waals surface area (Å²) in [6, 6.07) is 5.54. The minimum atomic E-state index is -1.03. The Morgan fingerprint density at radius 1 is 1.35 bits per heavy atom. The molecule has 0 aromatic heterocycles. The Balaban J connectivity index is 2.18. The number of carbonyl (C=O) groups is 1. The highest BCUT2D eigenvalue weighted by molar-refractivity contribution is 5.75. The van der Waals surface area contributed by atoms with Gasteiger partial charge in [0.15, 0.2) is 11.5 Å². The molecule has 2 rings (SSSR count). The third kappa shape index (κ3) is 3.76. The molecule has 23 heavy (non-hydrogen) atoms. The standard InChI is InChI=1S/C17H26N2O4/c1-17(21,12-7-9-19(10-8-12)11-15(18)20)13-5-4-6-14(22-2)16(13)23-3/h4-6,12,21H,7-11H2,1-3H3,(H2,18,20). The van der Waals surface area contributed by atoms with Gasteiger partial charge < -0.3 is 20.3 Å². The fourth-order valence-electron chi connectivity index (χ4n) is 3.38. The van der Waals surface area contributed by atoms with E-state index in [1.165, 1.54) is 0 Å². The maximum absolute atomic E-state index is 11.2. The number of hydrogen-bond acceptors (Lipinski definition) is 5. The minimum absolute atomic E-state index is 0.0765. The second kappa shape index (κ2) is 7.19. The molecule has 1 aliphatic rings. The number of aliphatic hydroxyl groups is 1. The number of nitrogens with two attached hydrogens (primary N) is 1. The van der Waals surface area contributed by atoms with Gasteiger partial charge in [0, 0.05) is 5.56 Å². The molecule has 1 fully saturated rings. The normalized spacial score (nSPS) is 19.1. The second-order valence-electron chi connectivity index (χ2n) is 6.21. The Bertz CT molecular complexity index is 552. The van der Waals surface area contributed by atoms with Crippen molar-refractivity contribution in [2.75, 3.05) is 33.9 Å². The van der Waals surface area contributed by atoms with Gasteiger partial charge in [-0.3, -0.25) is 9.69 Å². The number of carbonyl (C=O) groups excluding carboxylic acids is 1. The monoisotopic (exact) mass is 322 g/mol. The summed E-state index contributed by atoms with van der Waals surface area (Å²) in [5.41, 5.74) is 4.94. The third-order valence-electron chi connectivity index (χ3n) is 4.71. The SMILES string of the molecule is COc1cccc(C(C)(O)C2CCN(CC(N)=O)CC2)c1OC. The number of methoxy groups -OCH3 is 2. The van der Waals surface area contributed by atoms with E-state index in [4.69, 9.17) is 15.2 Å². The second-order valence-corrected chi connectivity index (χ2v) is 6.21. The highest BCUT2D eigenvalue weighted by Crippen LogP contribution is 2.43. The van der Waals surface area contributed by atoms with E-state index in [2.05, 4.69) is 0 Å². The lowest BCUT2D eigenvalue weighted by molar-refractivity contribution is -0.119. The molecule has 1 aromatic rings. The van der Waals surface area contributed by atoms with Gasteiger partial charge in [0.25, 0.3) is 0 Å². The van der Waals surface area contributed by atoms with Gasteiger partial charge in [0.2, 0.25) is 5.91 Å². The van der Waals surface area contributed by atoms with E-state index in [9.17, 15) is 9.90 Å². The molecular weight excluding hydrogens is 296 g/mol. The van der Waals surface area contributed by atoms with Crippen LogP contribution < -0.4 is 15.2 Å². The van der Waals surface area contributed by atoms with Crippen LogP contribution in [0.1, 0.15) is 25.3 Å². The van der Waals surface area contributed by atoms with Crippen molar-refractivity contribution in [3.8, 4) is 11.5 Å². The smallest absolute Gasteiger partial charge is 0.231 e. The van der Waals surface area contributed by atoms with Crippen molar-refractivity contribution in [1.82, 2.24) is 4.90 Å². The first-order valence-corrected chi connectivity index (χ1v) is 7.84. The summed E-state index contributed by atoms with van der Waals surface area (Å²) in [6.45, 7) is 3.59. The first-order valence-electron chi connectivity index (χ1n) is 7.84. The summed E-state index contributed by atoms with van der Waals surface area (Å²) in [7, 11) is 3.16. The minimum Gasteiger partial charge on any atom is -0.493 e. The van der Waals surface area contributed by atoms with Crippen LogP contribution >= 0.6 is 0 Å². The van der Waals surface area contributed by atoms with Crippen molar-refractivity contribution < 1.29 is 19.4 Å². The van der Waals surface area contributed by atoms with E-state index in [1.807, 2.05) is 30.0 Å². The number of piperidine rings is 1. The molecule has 1 heterocycles. The molecule has 1 amide bonds. The zero-order valence-electron chi connectivity index (χ0n) is 14.0. The van der Waals surface area contributed by atoms with Crippen LogP contribution in [0.15, 0.2) is 18.2 Å². The maximum Gasteiger partial charge on any atom is 0.231 e. The van der Waals surface area contributed by atoms with E-state index in [-0.39, 0.29) is 18.4 Å². The van der Waals surface area contributed by atoms with Gasteiger partial charge in [-0.1, -0.05) is 12.1 Å². The zero-order chi connectivity index (χ0) is 17.0. The maximum atomic E-state index is 11.2. The summed E-state index contributed by atoms with van der Waals surface area (Å²) < 4.78 is 10.8. The van der Waals surface area contributed by atoms with Crippen LogP contribution in [0.2, 0.25) is 0 Å². The number of primary amides is 1. The van der Waals surface area contributed by atoms with Crippen molar-refractivity contribution >= 4 is 5.91 Å². The van der Waals surface area contributed by atoms with Crippen molar-refractivity contribution in [3.05, 3.63) is 23.8 Å². The van der Waals surface area contributed by atoms with Gasteiger partial charge in [-0.2, -0.15) is 0 Å². The lowest BCUT2D eigenvalue weighted by Crippen LogP contribution is -2.44. The summed E-state index contributed by atoms with van der Waals surface area (Å²) in [5.74, 6) is 0.938. The first-order chi connectivity index (χ1) is 10.9. The predicted octanol–water partition coefficient (Wildman–Crippen LogP) is 1.11. The number of amides is 1. The van der Waals surface area contributed by atoms with Gasteiger partial charge in [-0.15, -0.1) is 0 Å². The lowest BCUT2D eigenvalue weighted by Gasteiger charge is -2.40. The van der Waals surface area contributed by atoms with Crippen LogP contribution in [-0.4, -0.2) is 49.8 Å². The summed E-state index contributed by atoms with van der Waals surface area (Å²) >= 11 is 0. The quantitative estimate of drug-likeness (QED) is 0.819. The Kier molecular flexibility index (Phi) is 5.49. The van der Waals surface area contributed by atoms with Crippen molar-refractivity contribution in [2.24, 2.45) is 11.7 Å². The molecule has 6 heteroatoms. The lowest BCUT2D eigenvalue weighted by atomic mass is 9.77. The number of likely N-dealkylation sites (tertiary alicyclic amines) is 1. The number of para-hydroxylation sites is 1. The highest BCUT2D eigenvalue weighted by atomic mass is 16.5. The van der Waals surface area contributed by atoms with Gasteiger partial charge in [-0.05, 0) is 44.8 Å². The summed E-state index contributed by atoms with van der Waals surface area (Å²) in [5, 5.41) is 11.2. The molecule has 3 N–H and O–H groups in total. The zero-order valence-corrected chi connectivity index (χ0v) is 14.0. The number of hydrogen-bond donors (Lipinski definition) is 2. The molecule has 0 aliphatic carbocycles. The van der Waals surface area contributed by atoms with Crippen LogP contribution in [-0.2, 0) is 10.4 Å². The van der Waals surface area contributed by atoms with Crippen molar-refractivity contribution in [3.63, 3.8) is 0 Å². The Labute approximate surface area is 137 Å². The fourth-order valence-corrected chi connectivity index (χ4v) is 3.38. The van der Waals surface area contributed by atoms with E-state index < -0.39 is 5.60 Å². The molecule has 1 aliphatic heterocycles. The first kappa shape index (κ1) is 17.6. The van der Waals surface area contributed by atoms with Gasteiger partial charge in [-0.25, -0.2) is 0 Å². The van der Waals surface area contributed by atoms with Gasteiger partial charge in [0.1, 0.15) is 0 Å². The number of nitrogens with zero attached hydrogens (tertiary/aromatic N) is 1. The van der Waals surface area contributed by atoms with Crippen molar-refractivity contribution in [2.45, 2.75) is 25.4 Å². The number of benzene rings is 1. The largest absolute Gasteiger partial charge is 0.493 e. The van der Waals surface area contributed by atoms with Gasteiger partial charge >= 0.3 is 0 Å². The molecule has 128 valence electrons. The summed E-state index contributed by atoms with van der Waals surface area (Å²) in [4.78, 5) is 13.0. The van der Waals surface area contributed by atoms with Crippen LogP contribution in [0, 0.1) is 5.92 Å². The molecule has 1 saturated heterocycles. The Hall–Kier alpha value is -1.79. The van der Waals surface area contributed by atoms with Crippen LogP contribution in [0.4, 0.5) is 0 Å². The molecule has 0 radical (unpaired) electrons. The average Bonchev–Trinajstić information content (AvgIpc) is 2.53. The molecule has 0 saturated carbocycles. The van der Waals surface area contributed by atoms with Crippen LogP contribution in [0.3, 0.4) is 0 Å². The molecule has 6 nitrogen and oxygen atoms in total. The van der Waals surface area contributed by atoms with E-state index in [1.54, 1.807) is 14.2 Å². The third-order valence-corrected chi connectivity index (χ3v) is 4.71. The van der Waals surface area contributed by atoms with Crippen molar-refractivity contribution in [1.29, 1.82) is 0 Å². The molecule has 0 spiro atoms. The van der Waals surface area contributed by atoms with E-state index in [0.717, 1.165) is 31.5 Å². The Morgan fingerprint density at radius 2 is 2.00 bits per heavy atom. The molecular formula is C17H26N2O4.